The molecule has 2 aromatic carbocycles. The maximum Gasteiger partial charge on any atom is 0.289 e. The average molecular weight is 403 g/mol. The Hall–Kier alpha value is -3.54. The molecule has 0 radical (unpaired) electrons. The smallest absolute Gasteiger partial charge is 0.289 e. The van der Waals surface area contributed by atoms with Crippen molar-refractivity contribution in [1.29, 1.82) is 0 Å². The van der Waals surface area contributed by atoms with Gasteiger partial charge in [-0.25, -0.2) is 0 Å². The Morgan fingerprint density at radius 3 is 2.10 bits per heavy atom. The standard InChI is InChI=1S/C24H25N3O3/c1-18(25-21-11-9-20(10-12-21)19-6-3-2-4-7-19)23(28)26-13-15-27(16-14-26)24(29)22-8-5-17-30-22/h2-12,17-18,25H,13-16H2,1H3/t18-/m1/s1. The molecule has 0 bridgehead atoms. The van der Waals surface area contributed by atoms with Crippen LogP contribution in [0, 0.1) is 0 Å². The Morgan fingerprint density at radius 1 is 0.833 bits per heavy atom. The van der Waals surface area contributed by atoms with Crippen LogP contribution in [0.25, 0.3) is 11.1 Å². The van der Waals surface area contributed by atoms with Crippen molar-refractivity contribution < 1.29 is 14.0 Å². The first-order chi connectivity index (χ1) is 14.6. The summed E-state index contributed by atoms with van der Waals surface area (Å²) in [5, 5.41) is 3.29. The minimum Gasteiger partial charge on any atom is -0.459 e. The van der Waals surface area contributed by atoms with Crippen molar-refractivity contribution in [3.05, 3.63) is 78.8 Å². The molecule has 1 aromatic heterocycles. The van der Waals surface area contributed by atoms with E-state index in [0.29, 0.717) is 31.9 Å². The largest absolute Gasteiger partial charge is 0.459 e. The van der Waals surface area contributed by atoms with Gasteiger partial charge < -0.3 is 19.5 Å². The van der Waals surface area contributed by atoms with E-state index in [-0.39, 0.29) is 17.9 Å². The molecule has 1 atom stereocenters. The molecule has 3 aromatic rings. The lowest BCUT2D eigenvalue weighted by Gasteiger charge is -2.35. The van der Waals surface area contributed by atoms with E-state index in [9.17, 15) is 9.59 Å². The van der Waals surface area contributed by atoms with Crippen molar-refractivity contribution in [3.63, 3.8) is 0 Å². The highest BCUT2D eigenvalue weighted by Gasteiger charge is 2.28. The third kappa shape index (κ3) is 4.38. The quantitative estimate of drug-likeness (QED) is 0.705. The zero-order valence-corrected chi connectivity index (χ0v) is 17.0. The van der Waals surface area contributed by atoms with Gasteiger partial charge in [0.25, 0.3) is 5.91 Å². The fraction of sp³-hybridized carbons (Fsp3) is 0.250. The van der Waals surface area contributed by atoms with Crippen molar-refractivity contribution in [3.8, 4) is 11.1 Å². The minimum absolute atomic E-state index is 0.0345. The van der Waals surface area contributed by atoms with Gasteiger partial charge >= 0.3 is 0 Å². The summed E-state index contributed by atoms with van der Waals surface area (Å²) >= 11 is 0. The number of hydrogen-bond acceptors (Lipinski definition) is 4. The first-order valence-corrected chi connectivity index (χ1v) is 10.2. The second-order valence-electron chi connectivity index (χ2n) is 7.40. The normalized spacial score (nSPS) is 15.0. The van der Waals surface area contributed by atoms with Crippen LogP contribution in [0.5, 0.6) is 0 Å². The number of amides is 2. The topological polar surface area (TPSA) is 65.8 Å². The van der Waals surface area contributed by atoms with Gasteiger partial charge in [0, 0.05) is 31.9 Å². The summed E-state index contributed by atoms with van der Waals surface area (Å²) in [5.41, 5.74) is 3.20. The zero-order chi connectivity index (χ0) is 20.9. The number of carbonyl (C=O) groups excluding carboxylic acids is 2. The highest BCUT2D eigenvalue weighted by atomic mass is 16.3. The first kappa shape index (κ1) is 19.8. The number of hydrogen-bond donors (Lipinski definition) is 1. The van der Waals surface area contributed by atoms with Crippen LogP contribution in [0.2, 0.25) is 0 Å². The monoisotopic (exact) mass is 403 g/mol. The second kappa shape index (κ2) is 8.86. The van der Waals surface area contributed by atoms with E-state index in [1.807, 2.05) is 54.3 Å². The van der Waals surface area contributed by atoms with E-state index >= 15 is 0 Å². The highest BCUT2D eigenvalue weighted by molar-refractivity contribution is 5.92. The highest BCUT2D eigenvalue weighted by Crippen LogP contribution is 2.21. The maximum absolute atomic E-state index is 12.8. The molecule has 0 aliphatic carbocycles. The van der Waals surface area contributed by atoms with Crippen molar-refractivity contribution in [1.82, 2.24) is 9.80 Å². The van der Waals surface area contributed by atoms with Gasteiger partial charge in [0.05, 0.1) is 6.26 Å². The Labute approximate surface area is 176 Å². The molecule has 1 saturated heterocycles. The number of furan rings is 1. The maximum atomic E-state index is 12.8. The van der Waals surface area contributed by atoms with Crippen molar-refractivity contribution >= 4 is 17.5 Å². The van der Waals surface area contributed by atoms with E-state index in [4.69, 9.17) is 4.42 Å². The average Bonchev–Trinajstić information content (AvgIpc) is 3.34. The molecule has 1 aliphatic rings. The molecule has 6 nitrogen and oxygen atoms in total. The molecule has 154 valence electrons. The van der Waals surface area contributed by atoms with Crippen LogP contribution in [0.1, 0.15) is 17.5 Å². The van der Waals surface area contributed by atoms with E-state index in [0.717, 1.165) is 16.8 Å². The summed E-state index contributed by atoms with van der Waals surface area (Å²) < 4.78 is 5.18. The minimum atomic E-state index is -0.347. The van der Waals surface area contributed by atoms with E-state index in [1.165, 1.54) is 6.26 Å². The first-order valence-electron chi connectivity index (χ1n) is 10.2. The molecule has 30 heavy (non-hydrogen) atoms. The number of piperazine rings is 1. The molecule has 2 heterocycles. The van der Waals surface area contributed by atoms with Crippen LogP contribution in [0.15, 0.2) is 77.4 Å². The van der Waals surface area contributed by atoms with Crippen LogP contribution in [0.3, 0.4) is 0 Å². The van der Waals surface area contributed by atoms with Crippen LogP contribution in [-0.2, 0) is 4.79 Å². The lowest BCUT2D eigenvalue weighted by atomic mass is 10.1. The van der Waals surface area contributed by atoms with Crippen LogP contribution in [-0.4, -0.2) is 53.8 Å². The summed E-state index contributed by atoms with van der Waals surface area (Å²) in [5.74, 6) is 0.243. The predicted molar refractivity (Wildman–Crippen MR) is 116 cm³/mol. The number of benzene rings is 2. The molecule has 2 amide bonds. The summed E-state index contributed by atoms with van der Waals surface area (Å²) in [4.78, 5) is 28.7. The van der Waals surface area contributed by atoms with Gasteiger partial charge in [0.2, 0.25) is 5.91 Å². The van der Waals surface area contributed by atoms with Gasteiger partial charge in [0.15, 0.2) is 5.76 Å². The SMILES string of the molecule is C[C@@H](Nc1ccc(-c2ccccc2)cc1)C(=O)N1CCN(C(=O)c2ccco2)CC1. The number of nitrogens with zero attached hydrogens (tertiary/aromatic N) is 2. The summed E-state index contributed by atoms with van der Waals surface area (Å²) in [6, 6.07) is 21.3. The number of rotatable bonds is 5. The Kier molecular flexibility index (Phi) is 5.84. The third-order valence-electron chi connectivity index (χ3n) is 5.36. The van der Waals surface area contributed by atoms with Crippen molar-refractivity contribution in [2.75, 3.05) is 31.5 Å². The van der Waals surface area contributed by atoms with Gasteiger partial charge in [-0.15, -0.1) is 0 Å². The molecule has 4 rings (SSSR count). The fourth-order valence-corrected chi connectivity index (χ4v) is 3.66. The summed E-state index contributed by atoms with van der Waals surface area (Å²) in [6.45, 7) is 3.91. The van der Waals surface area contributed by atoms with Gasteiger partial charge in [-0.3, -0.25) is 9.59 Å². The Balaban J connectivity index is 1.30. The van der Waals surface area contributed by atoms with Crippen molar-refractivity contribution in [2.24, 2.45) is 0 Å². The summed E-state index contributed by atoms with van der Waals surface area (Å²) in [6.07, 6.45) is 1.49. The van der Waals surface area contributed by atoms with Crippen LogP contribution < -0.4 is 5.32 Å². The van der Waals surface area contributed by atoms with Gasteiger partial charge in [-0.05, 0) is 42.3 Å². The summed E-state index contributed by atoms with van der Waals surface area (Å²) in [7, 11) is 0. The van der Waals surface area contributed by atoms with E-state index < -0.39 is 0 Å². The van der Waals surface area contributed by atoms with Gasteiger partial charge in [-0.1, -0.05) is 42.5 Å². The molecular formula is C24H25N3O3. The van der Waals surface area contributed by atoms with Crippen LogP contribution >= 0.6 is 0 Å². The molecule has 0 spiro atoms. The molecule has 6 heteroatoms. The number of carbonyl (C=O) groups is 2. The third-order valence-corrected chi connectivity index (χ3v) is 5.36. The molecule has 1 N–H and O–H groups in total. The van der Waals surface area contributed by atoms with Crippen LogP contribution in [0.4, 0.5) is 5.69 Å². The van der Waals surface area contributed by atoms with Gasteiger partial charge in [-0.2, -0.15) is 0 Å². The molecule has 1 fully saturated rings. The van der Waals surface area contributed by atoms with Crippen molar-refractivity contribution in [2.45, 2.75) is 13.0 Å². The number of anilines is 1. The lowest BCUT2D eigenvalue weighted by molar-refractivity contribution is -0.133. The molecule has 0 unspecified atom stereocenters. The number of nitrogens with one attached hydrogen (secondary N) is 1. The fourth-order valence-electron chi connectivity index (χ4n) is 3.66. The lowest BCUT2D eigenvalue weighted by Crippen LogP contribution is -2.53. The molecule has 1 aliphatic heterocycles. The second-order valence-corrected chi connectivity index (χ2v) is 7.40. The Bertz CT molecular complexity index is 976. The Morgan fingerprint density at radius 2 is 1.47 bits per heavy atom. The van der Waals surface area contributed by atoms with E-state index in [2.05, 4.69) is 17.4 Å². The predicted octanol–water partition coefficient (Wildman–Crippen LogP) is 3.73. The molecule has 0 saturated carbocycles. The van der Waals surface area contributed by atoms with Gasteiger partial charge in [0.1, 0.15) is 6.04 Å². The van der Waals surface area contributed by atoms with E-state index in [1.54, 1.807) is 17.0 Å². The zero-order valence-electron chi connectivity index (χ0n) is 17.0. The molecular weight excluding hydrogens is 378 g/mol.